The summed E-state index contributed by atoms with van der Waals surface area (Å²) in [5, 5.41) is 0.841. The Morgan fingerprint density at radius 3 is 2.41 bits per heavy atom. The average molecular weight is 484 g/mol. The summed E-state index contributed by atoms with van der Waals surface area (Å²) in [5.74, 6) is -0.483. The summed E-state index contributed by atoms with van der Waals surface area (Å²) in [7, 11) is -3.92. The molecule has 3 aromatic rings. The highest BCUT2D eigenvalue weighted by molar-refractivity contribution is 7.89. The number of carbonyl (C=O) groups is 1. The molecule has 8 heteroatoms. The van der Waals surface area contributed by atoms with Crippen molar-refractivity contribution in [1.82, 2.24) is 4.72 Å². The highest BCUT2D eigenvalue weighted by atomic mass is 32.2. The SMILES string of the molecule is Cc1ccc(S(=O)(=O)NC(CC(C)C)C(=O)Oc2ccc3c4c(c(=O)oc3c2)CCCC4)cc1. The van der Waals surface area contributed by atoms with E-state index in [1.807, 2.05) is 20.8 Å². The van der Waals surface area contributed by atoms with Gasteiger partial charge in [0.15, 0.2) is 0 Å². The van der Waals surface area contributed by atoms with Gasteiger partial charge in [0.05, 0.1) is 4.90 Å². The van der Waals surface area contributed by atoms with Crippen LogP contribution in [0.15, 0.2) is 56.6 Å². The van der Waals surface area contributed by atoms with Gasteiger partial charge in [-0.15, -0.1) is 0 Å². The third-order valence-electron chi connectivity index (χ3n) is 6.03. The predicted octanol–water partition coefficient (Wildman–Crippen LogP) is 4.28. The maximum atomic E-state index is 13.0. The van der Waals surface area contributed by atoms with Crippen molar-refractivity contribution in [2.24, 2.45) is 5.92 Å². The van der Waals surface area contributed by atoms with Crippen LogP contribution < -0.4 is 15.1 Å². The molecule has 1 aliphatic carbocycles. The van der Waals surface area contributed by atoms with Gasteiger partial charge in [-0.1, -0.05) is 31.5 Å². The lowest BCUT2D eigenvalue weighted by atomic mass is 9.91. The van der Waals surface area contributed by atoms with E-state index in [1.54, 1.807) is 24.3 Å². The zero-order valence-corrected chi connectivity index (χ0v) is 20.4. The fourth-order valence-corrected chi connectivity index (χ4v) is 5.51. The molecule has 4 rings (SSSR count). The molecule has 1 unspecified atom stereocenters. The molecular weight excluding hydrogens is 454 g/mol. The summed E-state index contributed by atoms with van der Waals surface area (Å²) in [4.78, 5) is 25.5. The van der Waals surface area contributed by atoms with Crippen molar-refractivity contribution in [3.63, 3.8) is 0 Å². The molecule has 1 N–H and O–H groups in total. The monoisotopic (exact) mass is 483 g/mol. The van der Waals surface area contributed by atoms with Crippen LogP contribution in [-0.2, 0) is 27.7 Å². The van der Waals surface area contributed by atoms with Gasteiger partial charge in [0.2, 0.25) is 10.0 Å². The minimum Gasteiger partial charge on any atom is -0.425 e. The number of fused-ring (bicyclic) bond motifs is 3. The first-order chi connectivity index (χ1) is 16.1. The van der Waals surface area contributed by atoms with Crippen molar-refractivity contribution in [1.29, 1.82) is 0 Å². The third-order valence-corrected chi connectivity index (χ3v) is 7.52. The molecule has 0 fully saturated rings. The molecule has 0 bridgehead atoms. The number of ether oxygens (including phenoxy) is 1. The van der Waals surface area contributed by atoms with Crippen molar-refractivity contribution in [3.05, 3.63) is 69.6 Å². The maximum absolute atomic E-state index is 13.0. The van der Waals surface area contributed by atoms with Gasteiger partial charge in [0.1, 0.15) is 17.4 Å². The highest BCUT2D eigenvalue weighted by Gasteiger charge is 2.28. The lowest BCUT2D eigenvalue weighted by Gasteiger charge is -2.20. The van der Waals surface area contributed by atoms with Crippen molar-refractivity contribution >= 4 is 27.0 Å². The van der Waals surface area contributed by atoms with Crippen LogP contribution in [0.3, 0.4) is 0 Å². The van der Waals surface area contributed by atoms with E-state index >= 15 is 0 Å². The number of sulfonamides is 1. The maximum Gasteiger partial charge on any atom is 0.339 e. The second kappa shape index (κ2) is 9.72. The van der Waals surface area contributed by atoms with E-state index in [0.29, 0.717) is 12.0 Å². The van der Waals surface area contributed by atoms with Crippen LogP contribution in [0.4, 0.5) is 0 Å². The Labute approximate surface area is 199 Å². The largest absolute Gasteiger partial charge is 0.425 e. The molecule has 0 amide bonds. The van der Waals surface area contributed by atoms with Crippen molar-refractivity contribution in [3.8, 4) is 5.75 Å². The van der Waals surface area contributed by atoms with Gasteiger partial charge >= 0.3 is 11.6 Å². The van der Waals surface area contributed by atoms with E-state index in [9.17, 15) is 18.0 Å². The molecular formula is C26H29NO6S. The molecule has 1 aromatic heterocycles. The van der Waals surface area contributed by atoms with Crippen molar-refractivity contribution in [2.45, 2.75) is 63.8 Å². The Balaban J connectivity index is 1.59. The van der Waals surface area contributed by atoms with Crippen molar-refractivity contribution < 1.29 is 22.4 Å². The van der Waals surface area contributed by atoms with Gasteiger partial charge < -0.3 is 9.15 Å². The minimum absolute atomic E-state index is 0.0411. The van der Waals surface area contributed by atoms with Crippen LogP contribution in [0.1, 0.15) is 49.8 Å². The average Bonchev–Trinajstić information content (AvgIpc) is 2.78. The summed E-state index contributed by atoms with van der Waals surface area (Å²) in [5.41, 5.74) is 2.66. The van der Waals surface area contributed by atoms with E-state index in [-0.39, 0.29) is 28.6 Å². The lowest BCUT2D eigenvalue weighted by molar-refractivity contribution is -0.136. The van der Waals surface area contributed by atoms with E-state index < -0.39 is 22.0 Å². The number of aryl methyl sites for hydroxylation is 2. The number of carbonyl (C=O) groups excluding carboxylic acids is 1. The summed E-state index contributed by atoms with van der Waals surface area (Å²) >= 11 is 0. The summed E-state index contributed by atoms with van der Waals surface area (Å²) in [6.45, 7) is 5.66. The number of rotatable bonds is 7. The zero-order chi connectivity index (χ0) is 24.5. The van der Waals surface area contributed by atoms with Crippen LogP contribution >= 0.6 is 0 Å². The summed E-state index contributed by atoms with van der Waals surface area (Å²) in [6.07, 6.45) is 3.77. The van der Waals surface area contributed by atoms with Gasteiger partial charge in [-0.05, 0) is 74.8 Å². The molecule has 34 heavy (non-hydrogen) atoms. The second-order valence-electron chi connectivity index (χ2n) is 9.25. The minimum atomic E-state index is -3.92. The number of nitrogens with one attached hydrogen (secondary N) is 1. The van der Waals surface area contributed by atoms with Crippen LogP contribution in [0.5, 0.6) is 5.75 Å². The predicted molar refractivity (Wildman–Crippen MR) is 130 cm³/mol. The fourth-order valence-electron chi connectivity index (χ4n) is 4.31. The zero-order valence-electron chi connectivity index (χ0n) is 19.6. The molecule has 1 aliphatic rings. The van der Waals surface area contributed by atoms with Gasteiger partial charge in [-0.3, -0.25) is 0 Å². The Bertz CT molecular complexity index is 1370. The van der Waals surface area contributed by atoms with Gasteiger partial charge in [-0.25, -0.2) is 18.0 Å². The lowest BCUT2D eigenvalue weighted by Crippen LogP contribution is -2.43. The summed E-state index contributed by atoms with van der Waals surface area (Å²) in [6, 6.07) is 10.3. The number of hydrogen-bond donors (Lipinski definition) is 1. The Morgan fingerprint density at radius 1 is 1.06 bits per heavy atom. The Hall–Kier alpha value is -2.97. The van der Waals surface area contributed by atoms with Gasteiger partial charge in [0, 0.05) is 17.0 Å². The first kappa shape index (κ1) is 24.2. The van der Waals surface area contributed by atoms with Gasteiger partial charge in [-0.2, -0.15) is 4.72 Å². The number of esters is 1. The Kier molecular flexibility index (Phi) is 6.91. The van der Waals surface area contributed by atoms with Crippen molar-refractivity contribution in [2.75, 3.05) is 0 Å². The molecule has 0 saturated heterocycles. The second-order valence-corrected chi connectivity index (χ2v) is 11.0. The molecule has 180 valence electrons. The first-order valence-corrected chi connectivity index (χ1v) is 13.0. The van der Waals surface area contributed by atoms with E-state index in [4.69, 9.17) is 9.15 Å². The molecule has 0 aliphatic heterocycles. The molecule has 1 heterocycles. The standard InChI is InChI=1S/C26H29NO6S/c1-16(2)14-23(27-34(30,31)19-11-8-17(3)9-12-19)26(29)32-18-10-13-21-20-6-4-5-7-22(20)25(28)33-24(21)15-18/h8-13,15-16,23,27H,4-7,14H2,1-3H3. The number of hydrogen-bond acceptors (Lipinski definition) is 6. The van der Waals surface area contributed by atoms with Crippen LogP contribution in [0.25, 0.3) is 11.0 Å². The topological polar surface area (TPSA) is 103 Å². The Morgan fingerprint density at radius 2 is 1.74 bits per heavy atom. The third kappa shape index (κ3) is 5.23. The van der Waals surface area contributed by atoms with E-state index in [0.717, 1.165) is 41.3 Å². The molecule has 2 aromatic carbocycles. The normalized spacial score (nSPS) is 14.7. The van der Waals surface area contributed by atoms with Crippen LogP contribution in [0, 0.1) is 12.8 Å². The molecule has 0 saturated carbocycles. The van der Waals surface area contributed by atoms with Crippen LogP contribution in [0.2, 0.25) is 0 Å². The molecule has 0 spiro atoms. The summed E-state index contributed by atoms with van der Waals surface area (Å²) < 4.78 is 39.3. The smallest absolute Gasteiger partial charge is 0.339 e. The molecule has 7 nitrogen and oxygen atoms in total. The quantitative estimate of drug-likeness (QED) is 0.306. The number of benzene rings is 2. The van der Waals surface area contributed by atoms with Gasteiger partial charge in [0.25, 0.3) is 0 Å². The molecule has 0 radical (unpaired) electrons. The first-order valence-electron chi connectivity index (χ1n) is 11.5. The fraction of sp³-hybridized carbons (Fsp3) is 0.385. The van der Waals surface area contributed by atoms with Crippen LogP contribution in [-0.4, -0.2) is 20.4 Å². The molecule has 1 atom stereocenters. The van der Waals surface area contributed by atoms with E-state index in [1.165, 1.54) is 18.2 Å². The highest BCUT2D eigenvalue weighted by Crippen LogP contribution is 2.29. The van der Waals surface area contributed by atoms with E-state index in [2.05, 4.69) is 4.72 Å².